The fourth-order valence-electron chi connectivity index (χ4n) is 3.31. The molecular weight excluding hydrogens is 399 g/mol. The largest absolute Gasteiger partial charge is 0.573 e. The van der Waals surface area contributed by atoms with Crippen molar-refractivity contribution in [3.63, 3.8) is 0 Å². The van der Waals surface area contributed by atoms with Crippen molar-refractivity contribution in [3.8, 4) is 5.75 Å². The number of hydrogen-bond acceptors (Lipinski definition) is 6. The Morgan fingerprint density at radius 2 is 1.96 bits per heavy atom. The van der Waals surface area contributed by atoms with Crippen LogP contribution in [0.3, 0.4) is 0 Å². The zero-order valence-electron chi connectivity index (χ0n) is 14.8. The monoisotopic (exact) mass is 419 g/mol. The smallest absolute Gasteiger partial charge is 0.406 e. The Morgan fingerprint density at radius 1 is 1.25 bits per heavy atom. The minimum atomic E-state index is -4.76. The Hall–Kier alpha value is -2.18. The fraction of sp³-hybridized carbons (Fsp3) is 0.500. The Morgan fingerprint density at radius 3 is 2.61 bits per heavy atom. The molecule has 0 saturated carbocycles. The number of anilines is 1. The first-order chi connectivity index (χ1) is 13.1. The van der Waals surface area contributed by atoms with Crippen LogP contribution in [0.2, 0.25) is 0 Å². The van der Waals surface area contributed by atoms with E-state index in [4.69, 9.17) is 5.14 Å². The number of hydrogen-bond donors (Lipinski definition) is 2. The van der Waals surface area contributed by atoms with Crippen molar-refractivity contribution in [1.82, 2.24) is 14.7 Å². The lowest BCUT2D eigenvalue weighted by molar-refractivity contribution is -0.274. The first-order valence-corrected chi connectivity index (χ1v) is 10.2. The molecule has 154 valence electrons. The third-order valence-corrected chi connectivity index (χ3v) is 5.20. The Bertz CT molecular complexity index is 931. The van der Waals surface area contributed by atoms with Crippen LogP contribution in [0.25, 0.3) is 10.9 Å². The van der Waals surface area contributed by atoms with E-state index in [1.807, 2.05) is 0 Å². The standard InChI is InChI=1S/C16H20F3N5O3S/c17-16(18,19)27-12-1-2-13-14(9-12)21-10-22-15(13)24-7-4-11(5-8-24)3-6-23-28(20,25)26/h1-2,9-11,23H,3-8H2,(H2,20,25,26). The summed E-state index contributed by atoms with van der Waals surface area (Å²) < 4.78 is 65.2. The topological polar surface area (TPSA) is 110 Å². The molecule has 3 rings (SSSR count). The molecule has 1 saturated heterocycles. The molecule has 1 aromatic heterocycles. The summed E-state index contributed by atoms with van der Waals surface area (Å²) >= 11 is 0. The molecule has 0 unspecified atom stereocenters. The van der Waals surface area contributed by atoms with E-state index in [0.717, 1.165) is 12.8 Å². The highest BCUT2D eigenvalue weighted by atomic mass is 32.2. The second-order valence-electron chi connectivity index (χ2n) is 6.58. The Balaban J connectivity index is 1.66. The highest BCUT2D eigenvalue weighted by Gasteiger charge is 2.31. The number of halogens is 3. The quantitative estimate of drug-likeness (QED) is 0.740. The van der Waals surface area contributed by atoms with E-state index in [9.17, 15) is 21.6 Å². The molecule has 3 N–H and O–H groups in total. The summed E-state index contributed by atoms with van der Waals surface area (Å²) in [5.41, 5.74) is 0.367. The maximum absolute atomic E-state index is 12.4. The van der Waals surface area contributed by atoms with Crippen LogP contribution in [0.15, 0.2) is 24.5 Å². The van der Waals surface area contributed by atoms with Gasteiger partial charge in [0.25, 0.3) is 10.2 Å². The first-order valence-electron chi connectivity index (χ1n) is 8.63. The fourth-order valence-corrected chi connectivity index (χ4v) is 3.71. The molecule has 2 heterocycles. The molecule has 1 fully saturated rings. The van der Waals surface area contributed by atoms with Gasteiger partial charge in [-0.3, -0.25) is 0 Å². The van der Waals surface area contributed by atoms with Gasteiger partial charge in [-0.1, -0.05) is 0 Å². The van der Waals surface area contributed by atoms with E-state index in [0.29, 0.717) is 48.7 Å². The highest BCUT2D eigenvalue weighted by molar-refractivity contribution is 7.87. The maximum Gasteiger partial charge on any atom is 0.573 e. The summed E-state index contributed by atoms with van der Waals surface area (Å²) in [6.07, 6.45) is -1.08. The molecule has 0 radical (unpaired) electrons. The summed E-state index contributed by atoms with van der Waals surface area (Å²) in [7, 11) is -3.68. The number of ether oxygens (including phenoxy) is 1. The van der Waals surface area contributed by atoms with Gasteiger partial charge in [0.2, 0.25) is 0 Å². The van der Waals surface area contributed by atoms with Gasteiger partial charge >= 0.3 is 6.36 Å². The number of piperidine rings is 1. The van der Waals surface area contributed by atoms with Crippen molar-refractivity contribution < 1.29 is 26.3 Å². The van der Waals surface area contributed by atoms with Crippen molar-refractivity contribution in [2.75, 3.05) is 24.5 Å². The highest BCUT2D eigenvalue weighted by Crippen LogP contribution is 2.31. The van der Waals surface area contributed by atoms with E-state index >= 15 is 0 Å². The van der Waals surface area contributed by atoms with E-state index in [1.54, 1.807) is 0 Å². The SMILES string of the molecule is NS(=O)(=O)NCCC1CCN(c2ncnc3cc(OC(F)(F)F)ccc23)CC1. The molecule has 8 nitrogen and oxygen atoms in total. The van der Waals surface area contributed by atoms with Crippen molar-refractivity contribution in [1.29, 1.82) is 0 Å². The van der Waals surface area contributed by atoms with E-state index in [1.165, 1.54) is 24.5 Å². The summed E-state index contributed by atoms with van der Waals surface area (Å²) in [6, 6.07) is 4.00. The summed E-state index contributed by atoms with van der Waals surface area (Å²) in [5.74, 6) is 0.681. The molecule has 1 aliphatic heterocycles. The number of aromatic nitrogens is 2. The Kier molecular flexibility index (Phi) is 5.91. The lowest BCUT2D eigenvalue weighted by Crippen LogP contribution is -2.37. The van der Waals surface area contributed by atoms with Gasteiger partial charge in [-0.15, -0.1) is 13.2 Å². The molecule has 1 aromatic carbocycles. The molecule has 1 aliphatic rings. The van der Waals surface area contributed by atoms with Crippen molar-refractivity contribution in [2.45, 2.75) is 25.6 Å². The van der Waals surface area contributed by atoms with Gasteiger partial charge in [0.1, 0.15) is 17.9 Å². The average molecular weight is 419 g/mol. The van der Waals surface area contributed by atoms with Gasteiger partial charge in [-0.05, 0) is 37.3 Å². The molecule has 28 heavy (non-hydrogen) atoms. The predicted molar refractivity (Wildman–Crippen MR) is 96.9 cm³/mol. The van der Waals surface area contributed by atoms with Crippen LogP contribution in [-0.2, 0) is 10.2 Å². The third kappa shape index (κ3) is 5.66. The number of nitrogens with two attached hydrogens (primary N) is 1. The predicted octanol–water partition coefficient (Wildman–Crippen LogP) is 1.93. The van der Waals surface area contributed by atoms with Crippen LogP contribution < -0.4 is 19.5 Å². The second-order valence-corrected chi connectivity index (χ2v) is 7.96. The molecule has 0 spiro atoms. The summed E-state index contributed by atoms with van der Waals surface area (Å²) in [4.78, 5) is 10.4. The Labute approximate surface area is 160 Å². The van der Waals surface area contributed by atoms with Crippen LogP contribution >= 0.6 is 0 Å². The molecule has 0 aliphatic carbocycles. The minimum absolute atomic E-state index is 0.294. The number of benzene rings is 1. The molecule has 0 amide bonds. The minimum Gasteiger partial charge on any atom is -0.406 e. The van der Waals surface area contributed by atoms with Gasteiger partial charge < -0.3 is 9.64 Å². The van der Waals surface area contributed by atoms with Crippen LogP contribution in [0.1, 0.15) is 19.3 Å². The number of nitrogens with one attached hydrogen (secondary N) is 1. The number of nitrogens with zero attached hydrogens (tertiary/aromatic N) is 3. The average Bonchev–Trinajstić information content (AvgIpc) is 2.59. The van der Waals surface area contributed by atoms with Crippen LogP contribution in [0.4, 0.5) is 19.0 Å². The van der Waals surface area contributed by atoms with Crippen molar-refractivity contribution in [2.24, 2.45) is 11.1 Å². The molecule has 0 atom stereocenters. The lowest BCUT2D eigenvalue weighted by atomic mass is 9.93. The van der Waals surface area contributed by atoms with Gasteiger partial charge in [-0.2, -0.15) is 8.42 Å². The van der Waals surface area contributed by atoms with Crippen LogP contribution in [0, 0.1) is 5.92 Å². The van der Waals surface area contributed by atoms with Crippen LogP contribution in [-0.4, -0.2) is 44.4 Å². The summed E-state index contributed by atoms with van der Waals surface area (Å²) in [6.45, 7) is 1.70. The maximum atomic E-state index is 12.4. The van der Waals surface area contributed by atoms with Crippen LogP contribution in [0.5, 0.6) is 5.75 Å². The zero-order valence-corrected chi connectivity index (χ0v) is 15.6. The second kappa shape index (κ2) is 8.05. The van der Waals surface area contributed by atoms with E-state index in [-0.39, 0.29) is 5.75 Å². The third-order valence-electron chi connectivity index (χ3n) is 4.59. The van der Waals surface area contributed by atoms with Crippen molar-refractivity contribution in [3.05, 3.63) is 24.5 Å². The van der Waals surface area contributed by atoms with E-state index < -0.39 is 16.6 Å². The first kappa shape index (κ1) is 20.6. The molecular formula is C16H20F3N5O3S. The lowest BCUT2D eigenvalue weighted by Gasteiger charge is -2.33. The van der Waals surface area contributed by atoms with Gasteiger partial charge in [-0.25, -0.2) is 19.8 Å². The zero-order chi connectivity index (χ0) is 20.4. The number of alkyl halides is 3. The summed E-state index contributed by atoms with van der Waals surface area (Å²) in [5, 5.41) is 5.56. The van der Waals surface area contributed by atoms with Crippen molar-refractivity contribution >= 4 is 26.9 Å². The van der Waals surface area contributed by atoms with Gasteiger partial charge in [0.05, 0.1) is 5.52 Å². The molecule has 2 aromatic rings. The molecule has 12 heteroatoms. The molecule has 0 bridgehead atoms. The van der Waals surface area contributed by atoms with Gasteiger partial charge in [0.15, 0.2) is 0 Å². The number of fused-ring (bicyclic) bond motifs is 1. The number of rotatable bonds is 6. The van der Waals surface area contributed by atoms with E-state index in [2.05, 4.69) is 24.3 Å². The normalized spacial score (nSPS) is 16.5. The van der Waals surface area contributed by atoms with Gasteiger partial charge in [0, 0.05) is 31.1 Å².